The molecule has 1 aliphatic heterocycles. The van der Waals surface area contributed by atoms with Crippen LogP contribution in [0.1, 0.15) is 50.6 Å². The number of carbonyl (C=O) groups is 1. The Kier molecular flexibility index (Phi) is 7.76. The number of hydrogen-bond donors (Lipinski definition) is 3. The predicted molar refractivity (Wildman–Crippen MR) is 146 cm³/mol. The minimum Gasteiger partial charge on any atom is -0.432 e. The summed E-state index contributed by atoms with van der Waals surface area (Å²) < 4.78 is 20.9. The number of nitrogens with zero attached hydrogens (tertiary/aromatic N) is 4. The number of allylic oxidation sites excluding steroid dienone is 2. The smallest absolute Gasteiger partial charge is 0.317 e. The van der Waals surface area contributed by atoms with Crippen molar-refractivity contribution in [1.82, 2.24) is 24.9 Å². The molecule has 200 valence electrons. The fourth-order valence-corrected chi connectivity index (χ4v) is 5.23. The Labute approximate surface area is 221 Å². The number of amides is 2. The number of urea groups is 1. The maximum atomic E-state index is 13.6. The molecule has 3 heterocycles. The van der Waals surface area contributed by atoms with Gasteiger partial charge in [0, 0.05) is 30.9 Å². The molecule has 2 aliphatic rings. The summed E-state index contributed by atoms with van der Waals surface area (Å²) in [6.45, 7) is 5.12. The summed E-state index contributed by atoms with van der Waals surface area (Å²) in [5, 5.41) is 6.40. The van der Waals surface area contributed by atoms with E-state index in [1.165, 1.54) is 31.4 Å². The molecule has 2 fully saturated rings. The number of nitrogens with two attached hydrogens (primary N) is 1. The molecule has 1 aromatic carbocycles. The molecule has 0 atom stereocenters. The molecule has 9 nitrogen and oxygen atoms in total. The Morgan fingerprint density at radius 3 is 2.61 bits per heavy atom. The number of nitrogens with one attached hydrogen (secondary N) is 2. The first-order valence-electron chi connectivity index (χ1n) is 13.2. The molecule has 0 radical (unpaired) electrons. The van der Waals surface area contributed by atoms with Gasteiger partial charge in [0.15, 0.2) is 5.96 Å². The number of hydrogen-bond acceptors (Lipinski definition) is 4. The molecular formula is C28H34FN7O2. The lowest BCUT2D eigenvalue weighted by Gasteiger charge is -2.32. The molecule has 0 unspecified atom stereocenters. The summed E-state index contributed by atoms with van der Waals surface area (Å²) in [5.74, 6) is 0.323. The third kappa shape index (κ3) is 5.74. The molecule has 0 bridgehead atoms. The van der Waals surface area contributed by atoms with Gasteiger partial charge in [0.1, 0.15) is 23.5 Å². The van der Waals surface area contributed by atoms with E-state index in [0.717, 1.165) is 31.2 Å². The fourth-order valence-electron chi connectivity index (χ4n) is 5.23. The quantitative estimate of drug-likeness (QED) is 0.249. The lowest BCUT2D eigenvalue weighted by molar-refractivity contribution is 0.175. The highest BCUT2D eigenvalue weighted by molar-refractivity contribution is 5.91. The first-order valence-corrected chi connectivity index (χ1v) is 13.2. The van der Waals surface area contributed by atoms with Crippen molar-refractivity contribution in [3.8, 4) is 11.3 Å². The van der Waals surface area contributed by atoms with Crippen molar-refractivity contribution >= 4 is 23.5 Å². The van der Waals surface area contributed by atoms with E-state index in [1.807, 2.05) is 4.90 Å². The number of carbonyl (C=O) groups excluding carboxylic acids is 1. The maximum absolute atomic E-state index is 13.6. The predicted octanol–water partition coefficient (Wildman–Crippen LogP) is 4.67. The zero-order chi connectivity index (χ0) is 26.5. The number of piperidine rings is 1. The van der Waals surface area contributed by atoms with Crippen molar-refractivity contribution in [2.45, 2.75) is 57.0 Å². The molecule has 1 saturated heterocycles. The molecule has 1 aliphatic carbocycles. The van der Waals surface area contributed by atoms with Crippen LogP contribution in [-0.2, 0) is 0 Å². The Hall–Kier alpha value is -4.08. The Bertz CT molecular complexity index is 1330. The third-order valence-electron chi connectivity index (χ3n) is 7.19. The van der Waals surface area contributed by atoms with Crippen molar-refractivity contribution in [2.75, 3.05) is 13.1 Å². The zero-order valence-corrected chi connectivity index (χ0v) is 21.4. The number of imidazole rings is 1. The molecule has 3 aromatic rings. The summed E-state index contributed by atoms with van der Waals surface area (Å²) in [6.07, 6.45) is 14.0. The summed E-state index contributed by atoms with van der Waals surface area (Å²) in [6, 6.07) is 6.45. The van der Waals surface area contributed by atoms with E-state index in [0.29, 0.717) is 42.1 Å². The second-order valence-electron chi connectivity index (χ2n) is 9.83. The highest BCUT2D eigenvalue weighted by Crippen LogP contribution is 2.29. The Morgan fingerprint density at radius 1 is 1.16 bits per heavy atom. The molecule has 4 N–H and O–H groups in total. The van der Waals surface area contributed by atoms with Crippen molar-refractivity contribution < 1.29 is 13.6 Å². The highest BCUT2D eigenvalue weighted by Gasteiger charge is 2.25. The lowest BCUT2D eigenvalue weighted by Crippen LogP contribution is -2.49. The average Bonchev–Trinajstić information content (AvgIpc) is 3.51. The number of rotatable bonds is 6. The van der Waals surface area contributed by atoms with Crippen LogP contribution in [-0.4, -0.2) is 51.4 Å². The largest absolute Gasteiger partial charge is 0.432 e. The van der Waals surface area contributed by atoms with Crippen LogP contribution in [0.25, 0.3) is 22.8 Å². The average molecular weight is 520 g/mol. The maximum Gasteiger partial charge on any atom is 0.317 e. The number of benzene rings is 1. The Morgan fingerprint density at radius 2 is 1.89 bits per heavy atom. The first kappa shape index (κ1) is 25.6. The number of guanidine groups is 1. The van der Waals surface area contributed by atoms with E-state index in [1.54, 1.807) is 41.1 Å². The highest BCUT2D eigenvalue weighted by atomic mass is 19.1. The van der Waals surface area contributed by atoms with Gasteiger partial charge in [0.25, 0.3) is 0 Å². The minimum atomic E-state index is -0.327. The summed E-state index contributed by atoms with van der Waals surface area (Å²) in [5.41, 5.74) is 9.00. The van der Waals surface area contributed by atoms with Crippen molar-refractivity contribution in [3.63, 3.8) is 0 Å². The van der Waals surface area contributed by atoms with Gasteiger partial charge in [-0.15, -0.1) is 0 Å². The van der Waals surface area contributed by atoms with Gasteiger partial charge in [0.05, 0.1) is 11.7 Å². The number of aromatic nitrogens is 2. The normalized spacial score (nSPS) is 18.1. The second-order valence-corrected chi connectivity index (χ2v) is 9.83. The van der Waals surface area contributed by atoms with Crippen molar-refractivity contribution in [2.24, 2.45) is 10.7 Å². The molecule has 2 amide bonds. The summed E-state index contributed by atoms with van der Waals surface area (Å²) in [4.78, 5) is 23.9. The van der Waals surface area contributed by atoms with Crippen molar-refractivity contribution in [3.05, 3.63) is 67.0 Å². The van der Waals surface area contributed by atoms with E-state index in [2.05, 4.69) is 22.2 Å². The van der Waals surface area contributed by atoms with Gasteiger partial charge in [-0.1, -0.05) is 31.9 Å². The Balaban J connectivity index is 1.27. The number of likely N-dealkylation sites (tertiary alicyclic amines) is 1. The van der Waals surface area contributed by atoms with E-state index in [4.69, 9.17) is 15.1 Å². The van der Waals surface area contributed by atoms with Gasteiger partial charge in [-0.2, -0.15) is 4.98 Å². The van der Waals surface area contributed by atoms with Gasteiger partial charge in [-0.3, -0.25) is 4.40 Å². The van der Waals surface area contributed by atoms with E-state index >= 15 is 0 Å². The first-order chi connectivity index (χ1) is 18.5. The summed E-state index contributed by atoms with van der Waals surface area (Å²) in [7, 11) is 0. The molecule has 0 spiro atoms. The van der Waals surface area contributed by atoms with E-state index in [9.17, 15) is 9.18 Å². The van der Waals surface area contributed by atoms with Crippen LogP contribution >= 0.6 is 0 Å². The zero-order valence-electron chi connectivity index (χ0n) is 21.4. The van der Waals surface area contributed by atoms with Gasteiger partial charge >= 0.3 is 11.9 Å². The van der Waals surface area contributed by atoms with Crippen molar-refractivity contribution in [1.29, 1.82) is 0 Å². The van der Waals surface area contributed by atoms with Gasteiger partial charge in [-0.05, 0) is 56.0 Å². The fraction of sp³-hybridized carbons (Fsp3) is 0.393. The van der Waals surface area contributed by atoms with Crippen LogP contribution in [0.3, 0.4) is 0 Å². The van der Waals surface area contributed by atoms with Crippen LogP contribution in [0.5, 0.6) is 0 Å². The number of fused-ring (bicyclic) bond motifs is 1. The van der Waals surface area contributed by atoms with Gasteiger partial charge < -0.3 is 25.7 Å². The molecule has 2 aromatic heterocycles. The number of halogens is 1. The molecule has 5 rings (SSSR count). The topological polar surface area (TPSA) is 113 Å². The molecular weight excluding hydrogens is 485 g/mol. The third-order valence-corrected chi connectivity index (χ3v) is 7.19. The molecule has 38 heavy (non-hydrogen) atoms. The van der Waals surface area contributed by atoms with E-state index < -0.39 is 0 Å². The van der Waals surface area contributed by atoms with Crippen LogP contribution in [0, 0.1) is 5.82 Å². The second kappa shape index (κ2) is 11.5. The van der Waals surface area contributed by atoms with E-state index in [-0.39, 0.29) is 23.8 Å². The SMILES string of the molecule is C=C/C=C(\NC(N)=NC1CCN(C(=O)NC2CCCCC2)CC1)c1c(-c2ccc(F)cc2)nc2occn12. The standard InChI is InChI=1S/C28H34FN7O2/c1-2-6-23(25-24(19-9-11-20(29)12-10-19)34-28-36(25)17-18-38-28)33-26(30)31-22-13-15-35(16-14-22)27(37)32-21-7-4-3-5-8-21/h2,6,9-12,17-18,21-22H,1,3-5,7-8,13-16H2,(H,32,37)(H3,30,31,33)/b23-6-. The molecule has 1 saturated carbocycles. The monoisotopic (exact) mass is 519 g/mol. The summed E-state index contributed by atoms with van der Waals surface area (Å²) >= 11 is 0. The lowest BCUT2D eigenvalue weighted by atomic mass is 9.95. The van der Waals surface area contributed by atoms with Crippen LogP contribution in [0.2, 0.25) is 0 Å². The van der Waals surface area contributed by atoms with Crippen LogP contribution in [0.4, 0.5) is 9.18 Å². The minimum absolute atomic E-state index is 0.00200. The van der Waals surface area contributed by atoms with Gasteiger partial charge in [-0.25, -0.2) is 14.2 Å². The number of aliphatic imine (C=N–C) groups is 1. The molecule has 10 heteroatoms. The van der Waals surface area contributed by atoms with Gasteiger partial charge in [0.2, 0.25) is 0 Å². The van der Waals surface area contributed by atoms with Crippen LogP contribution in [0.15, 0.2) is 64.9 Å². The van der Waals surface area contributed by atoms with Crippen LogP contribution < -0.4 is 16.4 Å². The number of oxazole rings is 1.